The molecule has 0 bridgehead atoms. The molecule has 7 heteroatoms. The molecule has 0 saturated carbocycles. The Balaban J connectivity index is 1.69. The van der Waals surface area contributed by atoms with E-state index in [0.717, 1.165) is 17.7 Å². The molecular formula is C19H23N3O3S. The Morgan fingerprint density at radius 3 is 2.85 bits per heavy atom. The second kappa shape index (κ2) is 8.23. The molecule has 3 rings (SSSR count). The van der Waals surface area contributed by atoms with Crippen molar-refractivity contribution in [3.8, 4) is 5.75 Å². The highest BCUT2D eigenvalue weighted by molar-refractivity contribution is 7.10. The van der Waals surface area contributed by atoms with Gasteiger partial charge < -0.3 is 20.3 Å². The van der Waals surface area contributed by atoms with Gasteiger partial charge in [-0.15, -0.1) is 11.3 Å². The number of nitrogens with one attached hydrogen (secondary N) is 2. The van der Waals surface area contributed by atoms with E-state index in [1.807, 2.05) is 18.4 Å². The smallest absolute Gasteiger partial charge is 0.319 e. The van der Waals surface area contributed by atoms with Crippen LogP contribution in [-0.4, -0.2) is 25.6 Å². The number of aryl methyl sites for hydroxylation is 1. The minimum atomic E-state index is -0.279. The van der Waals surface area contributed by atoms with Gasteiger partial charge in [0.05, 0.1) is 19.3 Å². The van der Waals surface area contributed by atoms with Gasteiger partial charge in [0.2, 0.25) is 5.91 Å². The standard InChI is InChI=1S/C19H23N3O3S/c1-13-8-10-26-17(13)12-20-19(24)21-14-6-7-16(25-2)15(11-14)22-9-4-3-5-18(22)23/h6-8,10-11H,3-5,9,12H2,1-2H3,(H2,20,21,24). The number of thiophene rings is 1. The first-order chi connectivity index (χ1) is 12.6. The Kier molecular flexibility index (Phi) is 5.78. The molecular weight excluding hydrogens is 350 g/mol. The summed E-state index contributed by atoms with van der Waals surface area (Å²) in [6.07, 6.45) is 2.43. The summed E-state index contributed by atoms with van der Waals surface area (Å²) in [5.41, 5.74) is 2.49. The van der Waals surface area contributed by atoms with Gasteiger partial charge in [-0.1, -0.05) is 0 Å². The van der Waals surface area contributed by atoms with Gasteiger partial charge in [0, 0.05) is 23.5 Å². The number of anilines is 2. The van der Waals surface area contributed by atoms with Crippen LogP contribution in [0, 0.1) is 6.92 Å². The Bertz CT molecular complexity index is 803. The van der Waals surface area contributed by atoms with E-state index in [0.29, 0.717) is 36.6 Å². The molecule has 1 fully saturated rings. The number of methoxy groups -OCH3 is 1. The van der Waals surface area contributed by atoms with Crippen LogP contribution in [0.1, 0.15) is 29.7 Å². The van der Waals surface area contributed by atoms with Crippen LogP contribution in [0.2, 0.25) is 0 Å². The van der Waals surface area contributed by atoms with Crippen molar-refractivity contribution >= 4 is 34.6 Å². The molecule has 2 heterocycles. The maximum Gasteiger partial charge on any atom is 0.319 e. The predicted molar refractivity (Wildman–Crippen MR) is 104 cm³/mol. The van der Waals surface area contributed by atoms with Crippen molar-refractivity contribution in [3.63, 3.8) is 0 Å². The molecule has 6 nitrogen and oxygen atoms in total. The highest BCUT2D eigenvalue weighted by Gasteiger charge is 2.23. The highest BCUT2D eigenvalue weighted by Crippen LogP contribution is 2.33. The second-order valence-corrected chi connectivity index (χ2v) is 7.22. The number of hydrogen-bond donors (Lipinski definition) is 2. The number of benzene rings is 1. The van der Waals surface area contributed by atoms with Gasteiger partial charge in [0.15, 0.2) is 0 Å². The number of ether oxygens (including phenoxy) is 1. The molecule has 1 aromatic heterocycles. The Morgan fingerprint density at radius 1 is 1.31 bits per heavy atom. The van der Waals surface area contributed by atoms with Gasteiger partial charge in [-0.25, -0.2) is 4.79 Å². The average molecular weight is 373 g/mol. The topological polar surface area (TPSA) is 70.7 Å². The van der Waals surface area contributed by atoms with Gasteiger partial charge in [-0.3, -0.25) is 4.79 Å². The maximum absolute atomic E-state index is 12.2. The molecule has 1 aromatic carbocycles. The van der Waals surface area contributed by atoms with Crippen LogP contribution in [-0.2, 0) is 11.3 Å². The summed E-state index contributed by atoms with van der Waals surface area (Å²) in [5.74, 6) is 0.713. The molecule has 1 aliphatic heterocycles. The average Bonchev–Trinajstić information content (AvgIpc) is 3.05. The molecule has 0 aliphatic carbocycles. The van der Waals surface area contributed by atoms with Crippen LogP contribution in [0.25, 0.3) is 0 Å². The van der Waals surface area contributed by atoms with Crippen molar-refractivity contribution in [1.29, 1.82) is 0 Å². The van der Waals surface area contributed by atoms with Crippen molar-refractivity contribution in [2.24, 2.45) is 0 Å². The van der Waals surface area contributed by atoms with Gasteiger partial charge >= 0.3 is 6.03 Å². The van der Waals surface area contributed by atoms with E-state index in [-0.39, 0.29) is 11.9 Å². The number of amides is 3. The largest absolute Gasteiger partial charge is 0.495 e. The molecule has 26 heavy (non-hydrogen) atoms. The third kappa shape index (κ3) is 4.16. The van der Waals surface area contributed by atoms with Crippen LogP contribution in [0.4, 0.5) is 16.2 Å². The third-order valence-electron chi connectivity index (χ3n) is 4.43. The van der Waals surface area contributed by atoms with E-state index in [1.165, 1.54) is 5.56 Å². The van der Waals surface area contributed by atoms with Gasteiger partial charge in [0.1, 0.15) is 5.75 Å². The van der Waals surface area contributed by atoms with Gasteiger partial charge in [-0.2, -0.15) is 0 Å². The van der Waals surface area contributed by atoms with Crippen molar-refractivity contribution < 1.29 is 14.3 Å². The SMILES string of the molecule is COc1ccc(NC(=O)NCc2sccc2C)cc1N1CCCCC1=O. The zero-order valence-corrected chi connectivity index (χ0v) is 15.8. The molecule has 3 amide bonds. The van der Waals surface area contributed by atoms with Crippen LogP contribution in [0.3, 0.4) is 0 Å². The minimum Gasteiger partial charge on any atom is -0.495 e. The quantitative estimate of drug-likeness (QED) is 0.835. The summed E-state index contributed by atoms with van der Waals surface area (Å²) in [4.78, 5) is 27.3. The number of hydrogen-bond acceptors (Lipinski definition) is 4. The summed E-state index contributed by atoms with van der Waals surface area (Å²) in [6.45, 7) is 3.18. The number of carbonyl (C=O) groups is 2. The highest BCUT2D eigenvalue weighted by atomic mass is 32.1. The number of nitrogens with zero attached hydrogens (tertiary/aromatic N) is 1. The van der Waals surface area contributed by atoms with Crippen molar-refractivity contribution in [3.05, 3.63) is 40.1 Å². The molecule has 2 N–H and O–H groups in total. The Labute approximate surface area is 157 Å². The lowest BCUT2D eigenvalue weighted by atomic mass is 10.1. The zero-order chi connectivity index (χ0) is 18.5. The van der Waals surface area contributed by atoms with Crippen LogP contribution >= 0.6 is 11.3 Å². The first-order valence-electron chi connectivity index (χ1n) is 8.64. The lowest BCUT2D eigenvalue weighted by Crippen LogP contribution is -2.35. The second-order valence-electron chi connectivity index (χ2n) is 6.22. The first-order valence-corrected chi connectivity index (χ1v) is 9.52. The van der Waals surface area contributed by atoms with E-state index >= 15 is 0 Å². The number of rotatable bonds is 5. The fraction of sp³-hybridized carbons (Fsp3) is 0.368. The lowest BCUT2D eigenvalue weighted by Gasteiger charge is -2.28. The summed E-state index contributed by atoms with van der Waals surface area (Å²) in [7, 11) is 1.58. The lowest BCUT2D eigenvalue weighted by molar-refractivity contribution is -0.119. The summed E-state index contributed by atoms with van der Waals surface area (Å²) < 4.78 is 5.40. The zero-order valence-electron chi connectivity index (χ0n) is 15.0. The van der Waals surface area contributed by atoms with E-state index in [4.69, 9.17) is 4.74 Å². The molecule has 1 saturated heterocycles. The molecule has 0 unspecified atom stereocenters. The van der Waals surface area contributed by atoms with Gasteiger partial charge in [-0.05, 0) is 55.0 Å². The first kappa shape index (κ1) is 18.3. The maximum atomic E-state index is 12.2. The van der Waals surface area contributed by atoms with E-state index < -0.39 is 0 Å². The van der Waals surface area contributed by atoms with Gasteiger partial charge in [0.25, 0.3) is 0 Å². The molecule has 138 valence electrons. The Hall–Kier alpha value is -2.54. The van der Waals surface area contributed by atoms with Crippen LogP contribution in [0.5, 0.6) is 5.75 Å². The third-order valence-corrected chi connectivity index (χ3v) is 5.45. The van der Waals surface area contributed by atoms with Crippen molar-refractivity contribution in [2.75, 3.05) is 23.9 Å². The summed E-state index contributed by atoms with van der Waals surface area (Å²) in [6, 6.07) is 7.09. The summed E-state index contributed by atoms with van der Waals surface area (Å²) in [5, 5.41) is 7.70. The predicted octanol–water partition coefficient (Wildman–Crippen LogP) is 3.90. The molecule has 1 aliphatic rings. The summed E-state index contributed by atoms with van der Waals surface area (Å²) >= 11 is 1.62. The van der Waals surface area contributed by atoms with E-state index in [1.54, 1.807) is 41.5 Å². The molecule has 0 spiro atoms. The normalized spacial score (nSPS) is 14.2. The number of piperidine rings is 1. The van der Waals surface area contributed by atoms with Crippen molar-refractivity contribution in [2.45, 2.75) is 32.7 Å². The fourth-order valence-electron chi connectivity index (χ4n) is 2.96. The van der Waals surface area contributed by atoms with E-state index in [2.05, 4.69) is 10.6 Å². The van der Waals surface area contributed by atoms with Crippen molar-refractivity contribution in [1.82, 2.24) is 5.32 Å². The number of carbonyl (C=O) groups excluding carboxylic acids is 2. The monoisotopic (exact) mass is 373 g/mol. The van der Waals surface area contributed by atoms with Crippen LogP contribution in [0.15, 0.2) is 29.6 Å². The van der Waals surface area contributed by atoms with Crippen LogP contribution < -0.4 is 20.3 Å². The minimum absolute atomic E-state index is 0.0873. The Morgan fingerprint density at radius 2 is 2.15 bits per heavy atom. The van der Waals surface area contributed by atoms with E-state index in [9.17, 15) is 9.59 Å². The molecule has 0 atom stereocenters. The fourth-order valence-corrected chi connectivity index (χ4v) is 3.81. The molecule has 2 aromatic rings. The molecule has 0 radical (unpaired) electrons. The number of urea groups is 1.